The minimum absolute atomic E-state index is 0.534. The van der Waals surface area contributed by atoms with Crippen molar-refractivity contribution in [1.29, 1.82) is 0 Å². The van der Waals surface area contributed by atoms with Crippen LogP contribution in [-0.2, 0) is 0 Å². The fourth-order valence-electron chi connectivity index (χ4n) is 7.35. The molecule has 12 rings (SSSR count). The number of benzene rings is 3. The van der Waals surface area contributed by atoms with Crippen molar-refractivity contribution < 1.29 is 0 Å². The summed E-state index contributed by atoms with van der Waals surface area (Å²) in [4.78, 5) is 66.8. The zero-order valence-electron chi connectivity index (χ0n) is 41.0. The van der Waals surface area contributed by atoms with Crippen LogP contribution in [0.1, 0.15) is 16.7 Å². The Bertz CT molecular complexity index is 3180. The van der Waals surface area contributed by atoms with Crippen molar-refractivity contribution in [2.24, 2.45) is 0 Å². The van der Waals surface area contributed by atoms with Gasteiger partial charge in [-0.3, -0.25) is 29.9 Å². The molecule has 0 aliphatic rings. The summed E-state index contributed by atoms with van der Waals surface area (Å²) >= 11 is 0. The number of rotatable bonds is 9. The van der Waals surface area contributed by atoms with E-state index in [-0.39, 0.29) is 0 Å². The Morgan fingerprint density at radius 3 is 0.800 bits per heavy atom. The molecule has 0 fully saturated rings. The van der Waals surface area contributed by atoms with Crippen LogP contribution in [0.25, 0.3) is 103 Å². The van der Waals surface area contributed by atoms with Gasteiger partial charge >= 0.3 is 0 Å². The lowest BCUT2D eigenvalue weighted by Gasteiger charge is -2.08. The van der Waals surface area contributed by atoms with Gasteiger partial charge in [0.05, 0.1) is 0 Å². The van der Waals surface area contributed by atoms with Crippen molar-refractivity contribution in [3.8, 4) is 103 Å². The molecule has 0 unspecified atom stereocenters. The lowest BCUT2D eigenvalue weighted by atomic mass is 10.1. The van der Waals surface area contributed by atoms with Crippen molar-refractivity contribution >= 4 is 0 Å². The third-order valence-corrected chi connectivity index (χ3v) is 11.3. The van der Waals surface area contributed by atoms with Crippen LogP contribution in [0.5, 0.6) is 0 Å². The smallest absolute Gasteiger partial charge is 0.182 e. The van der Waals surface area contributed by atoms with Gasteiger partial charge in [0.1, 0.15) is 11.4 Å². The summed E-state index contributed by atoms with van der Waals surface area (Å²) < 4.78 is 0. The van der Waals surface area contributed by atoms with Crippen molar-refractivity contribution in [3.63, 3.8) is 0 Å². The number of aryl methyl sites for hydroxylation is 3. The van der Waals surface area contributed by atoms with Crippen LogP contribution in [0.3, 0.4) is 0 Å². The van der Waals surface area contributed by atoms with Crippen molar-refractivity contribution in [3.05, 3.63) is 236 Å². The Kier molecular flexibility index (Phi) is 14.9. The van der Waals surface area contributed by atoms with E-state index in [4.69, 9.17) is 0 Å². The van der Waals surface area contributed by atoms with Gasteiger partial charge in [-0.1, -0.05) is 102 Å². The van der Waals surface area contributed by atoms with Crippen LogP contribution in [0, 0.1) is 20.8 Å². The van der Waals surface area contributed by atoms with E-state index in [1.54, 1.807) is 62.0 Å². The summed E-state index contributed by atoms with van der Waals surface area (Å²) in [5, 5.41) is 0. The summed E-state index contributed by atoms with van der Waals surface area (Å²) in [6.45, 7) is 6.16. The van der Waals surface area contributed by atoms with Crippen molar-refractivity contribution in [2.75, 3.05) is 0 Å². The molecule has 0 amide bonds. The molecule has 0 N–H and O–H groups in total. The van der Waals surface area contributed by atoms with E-state index in [0.29, 0.717) is 63.8 Å². The van der Waals surface area contributed by atoms with Gasteiger partial charge in [-0.25, -0.2) is 44.9 Å². The first-order chi connectivity index (χ1) is 36.9. The summed E-state index contributed by atoms with van der Waals surface area (Å²) in [5.41, 5.74) is 11.3. The second-order valence-electron chi connectivity index (χ2n) is 16.9. The van der Waals surface area contributed by atoms with Crippen LogP contribution >= 0.6 is 0 Å². The number of hydrogen-bond donors (Lipinski definition) is 0. The van der Waals surface area contributed by atoms with Gasteiger partial charge in [0.2, 0.25) is 0 Å². The molecule has 360 valence electrons. The Morgan fingerprint density at radius 1 is 0.213 bits per heavy atom. The van der Waals surface area contributed by atoms with E-state index < -0.39 is 0 Å². The first-order valence-electron chi connectivity index (χ1n) is 23.8. The third kappa shape index (κ3) is 12.4. The van der Waals surface area contributed by atoms with Gasteiger partial charge in [0, 0.05) is 101 Å². The molecule has 12 aromatic rings. The second-order valence-corrected chi connectivity index (χ2v) is 16.9. The van der Waals surface area contributed by atoms with Crippen LogP contribution in [0.4, 0.5) is 0 Å². The Hall–Kier alpha value is -10.4. The quantitative estimate of drug-likeness (QED) is 0.132. The molecule has 15 nitrogen and oxygen atoms in total. The fourth-order valence-corrected chi connectivity index (χ4v) is 7.35. The monoisotopic (exact) mass is 975 g/mol. The SMILES string of the molecule is Cc1ccc(-c2nc(-c3ccccn3)nc(-c3ccccn3)n2)cc1.Cc1ccc(-c2nc(-c3cccnc3)nc(-c3cccnc3)n2)cc1.Cc1ccc(-c2nc(-c3ccncc3)nc(-c3ccncc3)n2)cc1. The van der Waals surface area contributed by atoms with E-state index in [1.807, 2.05) is 146 Å². The average Bonchev–Trinajstić information content (AvgIpc) is 3.49. The predicted octanol–water partition coefficient (Wildman–Crippen LogP) is 11.9. The molecular formula is C60H45N15. The van der Waals surface area contributed by atoms with E-state index in [0.717, 1.165) is 38.9 Å². The molecule has 9 aromatic heterocycles. The first kappa shape index (κ1) is 48.2. The summed E-state index contributed by atoms with van der Waals surface area (Å²) in [7, 11) is 0. The van der Waals surface area contributed by atoms with Gasteiger partial charge < -0.3 is 0 Å². The normalized spacial score (nSPS) is 10.6. The number of hydrogen-bond acceptors (Lipinski definition) is 15. The zero-order chi connectivity index (χ0) is 51.2. The molecule has 0 spiro atoms. The molecule has 0 aliphatic heterocycles. The fraction of sp³-hybridized carbons (Fsp3) is 0.0500. The predicted molar refractivity (Wildman–Crippen MR) is 289 cm³/mol. The largest absolute Gasteiger partial charge is 0.265 e. The van der Waals surface area contributed by atoms with E-state index in [1.165, 1.54) is 16.7 Å². The average molecular weight is 976 g/mol. The van der Waals surface area contributed by atoms with Gasteiger partial charge in [-0.15, -0.1) is 0 Å². The first-order valence-corrected chi connectivity index (χ1v) is 23.8. The Morgan fingerprint density at radius 2 is 0.507 bits per heavy atom. The lowest BCUT2D eigenvalue weighted by Crippen LogP contribution is -2.01. The molecule has 0 bridgehead atoms. The molecule has 0 saturated carbocycles. The molecule has 75 heavy (non-hydrogen) atoms. The van der Waals surface area contributed by atoms with Gasteiger partial charge in [-0.05, 0) is 93.6 Å². The zero-order valence-corrected chi connectivity index (χ0v) is 41.0. The van der Waals surface area contributed by atoms with Crippen molar-refractivity contribution in [1.82, 2.24) is 74.8 Å². The maximum atomic E-state index is 4.66. The minimum atomic E-state index is 0.534. The number of aromatic nitrogens is 15. The summed E-state index contributed by atoms with van der Waals surface area (Å²) in [6.07, 6.45) is 17.3. The lowest BCUT2D eigenvalue weighted by molar-refractivity contribution is 1.05. The highest BCUT2D eigenvalue weighted by Gasteiger charge is 2.16. The maximum Gasteiger partial charge on any atom is 0.182 e. The van der Waals surface area contributed by atoms with Gasteiger partial charge in [0.25, 0.3) is 0 Å². The Labute approximate surface area is 432 Å². The Balaban J connectivity index is 0.000000128. The van der Waals surface area contributed by atoms with E-state index in [2.05, 4.69) is 108 Å². The molecule has 0 aliphatic carbocycles. The van der Waals surface area contributed by atoms with Gasteiger partial charge in [0.15, 0.2) is 52.4 Å². The highest BCUT2D eigenvalue weighted by Crippen LogP contribution is 2.27. The van der Waals surface area contributed by atoms with Gasteiger partial charge in [-0.2, -0.15) is 0 Å². The van der Waals surface area contributed by atoms with Crippen LogP contribution in [-0.4, -0.2) is 74.8 Å². The number of nitrogens with zero attached hydrogens (tertiary/aromatic N) is 15. The molecule has 15 heteroatoms. The molecule has 0 atom stereocenters. The van der Waals surface area contributed by atoms with Crippen LogP contribution in [0.15, 0.2) is 220 Å². The van der Waals surface area contributed by atoms with E-state index in [9.17, 15) is 0 Å². The summed E-state index contributed by atoms with van der Waals surface area (Å²) in [6, 6.07) is 50.9. The molecule has 0 radical (unpaired) electrons. The topological polar surface area (TPSA) is 193 Å². The second kappa shape index (κ2) is 23.2. The van der Waals surface area contributed by atoms with E-state index >= 15 is 0 Å². The maximum absolute atomic E-state index is 4.66. The van der Waals surface area contributed by atoms with Crippen LogP contribution in [0.2, 0.25) is 0 Å². The molecule has 0 saturated heterocycles. The molecule has 3 aromatic carbocycles. The highest BCUT2D eigenvalue weighted by molar-refractivity contribution is 5.68. The summed E-state index contributed by atoms with van der Waals surface area (Å²) in [5.74, 6) is 5.39. The highest BCUT2D eigenvalue weighted by atomic mass is 15.1. The van der Waals surface area contributed by atoms with Crippen molar-refractivity contribution in [2.45, 2.75) is 20.8 Å². The standard InChI is InChI=1S/3C20H15N5/c1-14-2-4-15(5-3-14)18-23-19(16-6-10-21-11-7-16)25-20(24-18)17-8-12-22-13-9-17;1-14-6-8-15(9-7-14)18-23-19(16-4-2-10-21-12-16)25-20(24-18)17-5-3-11-22-13-17;1-14-8-10-15(11-9-14)18-23-19(16-6-2-4-12-21-16)25-20(24-18)17-7-3-5-13-22-17/h3*2-13H,1H3. The number of pyridine rings is 6. The van der Waals surface area contributed by atoms with Crippen LogP contribution < -0.4 is 0 Å². The minimum Gasteiger partial charge on any atom is -0.265 e. The molecular weight excluding hydrogens is 931 g/mol. The molecule has 9 heterocycles. The third-order valence-electron chi connectivity index (χ3n) is 11.3.